The van der Waals surface area contributed by atoms with Gasteiger partial charge in [-0.15, -0.1) is 0 Å². The number of rotatable bonds is 3. The Balaban J connectivity index is 2.46. The van der Waals surface area contributed by atoms with Gasteiger partial charge in [-0.3, -0.25) is 4.79 Å². The molecular weight excluding hydrogens is 160 g/mol. The lowest BCUT2D eigenvalue weighted by molar-refractivity contribution is -0.116. The number of nitrogens with zero attached hydrogens (tertiary/aromatic N) is 1. The van der Waals surface area contributed by atoms with Crippen molar-refractivity contribution >= 4 is 11.7 Å². The second-order valence-corrected chi connectivity index (χ2v) is 2.34. The van der Waals surface area contributed by atoms with Crippen LogP contribution in [0.3, 0.4) is 0 Å². The Morgan fingerprint density at radius 1 is 1.83 bits per heavy atom. The van der Waals surface area contributed by atoms with Crippen LogP contribution in [0.2, 0.25) is 0 Å². The van der Waals surface area contributed by atoms with Crippen LogP contribution in [0.4, 0.5) is 5.82 Å². The summed E-state index contributed by atoms with van der Waals surface area (Å²) in [6.07, 6.45) is 0.0753. The molecule has 0 bridgehead atoms. The minimum atomic E-state index is -0.272. The summed E-state index contributed by atoms with van der Waals surface area (Å²) in [5, 5.41) is 14.4. The Bertz CT molecular complexity index is 269. The molecule has 1 rings (SSSR count). The van der Waals surface area contributed by atoms with Crippen molar-refractivity contribution in [3.63, 3.8) is 0 Å². The van der Waals surface area contributed by atoms with Gasteiger partial charge >= 0.3 is 0 Å². The third-order valence-electron chi connectivity index (χ3n) is 1.23. The highest BCUT2D eigenvalue weighted by Gasteiger charge is 2.04. The van der Waals surface area contributed by atoms with Gasteiger partial charge in [0.1, 0.15) is 5.76 Å². The fourth-order valence-electron chi connectivity index (χ4n) is 0.732. The van der Waals surface area contributed by atoms with Crippen molar-refractivity contribution in [3.05, 3.63) is 11.8 Å². The molecule has 12 heavy (non-hydrogen) atoms. The lowest BCUT2D eigenvalue weighted by atomic mass is 10.4. The molecule has 2 N–H and O–H groups in total. The van der Waals surface area contributed by atoms with E-state index in [1.54, 1.807) is 13.0 Å². The van der Waals surface area contributed by atoms with Crippen LogP contribution in [0, 0.1) is 6.92 Å². The van der Waals surface area contributed by atoms with Gasteiger partial charge in [0.2, 0.25) is 5.91 Å². The largest absolute Gasteiger partial charge is 0.396 e. The molecular formula is C7H10N2O3. The van der Waals surface area contributed by atoms with Gasteiger partial charge in [-0.05, 0) is 6.92 Å². The second kappa shape index (κ2) is 3.87. The number of aryl methyl sites for hydroxylation is 1. The van der Waals surface area contributed by atoms with Crippen LogP contribution in [0.15, 0.2) is 10.6 Å². The summed E-state index contributed by atoms with van der Waals surface area (Å²) in [4.78, 5) is 10.9. The monoisotopic (exact) mass is 170 g/mol. The van der Waals surface area contributed by atoms with E-state index in [-0.39, 0.29) is 18.9 Å². The number of anilines is 1. The van der Waals surface area contributed by atoms with Gasteiger partial charge in [0.25, 0.3) is 0 Å². The number of hydrogen-bond donors (Lipinski definition) is 2. The standard InChI is InChI=1S/C7H10N2O3/c1-5-4-6(9-12-5)8-7(11)2-3-10/h4,10H,2-3H2,1H3,(H,8,9,11). The van der Waals surface area contributed by atoms with Crippen molar-refractivity contribution in [2.45, 2.75) is 13.3 Å². The van der Waals surface area contributed by atoms with Crippen LogP contribution in [0.5, 0.6) is 0 Å². The zero-order valence-electron chi connectivity index (χ0n) is 6.70. The zero-order chi connectivity index (χ0) is 8.97. The fraction of sp³-hybridized carbons (Fsp3) is 0.429. The molecule has 66 valence electrons. The Labute approximate surface area is 69.4 Å². The number of hydrogen-bond acceptors (Lipinski definition) is 4. The molecule has 1 amide bonds. The van der Waals surface area contributed by atoms with Crippen LogP contribution in [-0.2, 0) is 4.79 Å². The predicted octanol–water partition coefficient (Wildman–Crippen LogP) is 0.304. The Morgan fingerprint density at radius 2 is 2.58 bits per heavy atom. The third kappa shape index (κ3) is 2.35. The maximum absolute atomic E-state index is 10.9. The first kappa shape index (κ1) is 8.73. The molecule has 0 saturated heterocycles. The predicted molar refractivity (Wildman–Crippen MR) is 41.6 cm³/mol. The molecule has 0 aromatic carbocycles. The number of amides is 1. The van der Waals surface area contributed by atoms with Crippen molar-refractivity contribution in [2.24, 2.45) is 0 Å². The highest BCUT2D eigenvalue weighted by atomic mass is 16.5. The van der Waals surface area contributed by atoms with Crippen molar-refractivity contribution in [2.75, 3.05) is 11.9 Å². The molecule has 0 aliphatic carbocycles. The van der Waals surface area contributed by atoms with Gasteiger partial charge in [0, 0.05) is 6.07 Å². The molecule has 0 aliphatic rings. The molecule has 5 heteroatoms. The van der Waals surface area contributed by atoms with Gasteiger partial charge in [-0.2, -0.15) is 0 Å². The number of aliphatic hydroxyl groups excluding tert-OH is 1. The normalized spacial score (nSPS) is 9.83. The summed E-state index contributed by atoms with van der Waals surface area (Å²) in [6, 6.07) is 1.61. The summed E-state index contributed by atoms with van der Waals surface area (Å²) in [7, 11) is 0. The zero-order valence-corrected chi connectivity index (χ0v) is 6.70. The Hall–Kier alpha value is -1.36. The summed E-state index contributed by atoms with van der Waals surface area (Å²) in [5.41, 5.74) is 0. The van der Waals surface area contributed by atoms with Crippen LogP contribution in [0.25, 0.3) is 0 Å². The van der Waals surface area contributed by atoms with Crippen molar-refractivity contribution in [1.29, 1.82) is 0 Å². The van der Waals surface area contributed by atoms with Gasteiger partial charge in [0.05, 0.1) is 13.0 Å². The summed E-state index contributed by atoms with van der Waals surface area (Å²) in [5.74, 6) is 0.742. The minimum Gasteiger partial charge on any atom is -0.396 e. The van der Waals surface area contributed by atoms with Gasteiger partial charge < -0.3 is 14.9 Å². The van der Waals surface area contributed by atoms with E-state index in [0.29, 0.717) is 11.6 Å². The molecule has 0 fully saturated rings. The molecule has 1 aromatic rings. The van der Waals surface area contributed by atoms with E-state index in [2.05, 4.69) is 10.5 Å². The molecule has 0 radical (unpaired) electrons. The van der Waals surface area contributed by atoms with E-state index in [1.807, 2.05) is 0 Å². The lowest BCUT2D eigenvalue weighted by Gasteiger charge is -1.96. The van der Waals surface area contributed by atoms with E-state index in [9.17, 15) is 4.79 Å². The van der Waals surface area contributed by atoms with E-state index in [0.717, 1.165) is 0 Å². The quantitative estimate of drug-likeness (QED) is 0.684. The SMILES string of the molecule is Cc1cc(NC(=O)CCO)no1. The highest BCUT2D eigenvalue weighted by molar-refractivity contribution is 5.89. The molecule has 0 spiro atoms. The minimum absolute atomic E-state index is 0.0753. The number of carbonyl (C=O) groups excluding carboxylic acids is 1. The van der Waals surface area contributed by atoms with Crippen molar-refractivity contribution in [3.8, 4) is 0 Å². The van der Waals surface area contributed by atoms with Crippen LogP contribution in [-0.4, -0.2) is 22.8 Å². The molecule has 5 nitrogen and oxygen atoms in total. The van der Waals surface area contributed by atoms with Crippen molar-refractivity contribution < 1.29 is 14.4 Å². The van der Waals surface area contributed by atoms with E-state index < -0.39 is 0 Å². The molecule has 0 unspecified atom stereocenters. The van der Waals surface area contributed by atoms with Crippen LogP contribution in [0.1, 0.15) is 12.2 Å². The average Bonchev–Trinajstić information content (AvgIpc) is 2.36. The summed E-state index contributed by atoms with van der Waals surface area (Å²) >= 11 is 0. The van der Waals surface area contributed by atoms with Crippen LogP contribution < -0.4 is 5.32 Å². The first-order valence-electron chi connectivity index (χ1n) is 3.56. The van der Waals surface area contributed by atoms with Gasteiger partial charge in [0.15, 0.2) is 5.82 Å². The molecule has 0 saturated carbocycles. The maximum atomic E-state index is 10.9. The molecule has 1 aromatic heterocycles. The van der Waals surface area contributed by atoms with E-state index in [4.69, 9.17) is 9.63 Å². The number of nitrogens with one attached hydrogen (secondary N) is 1. The Morgan fingerprint density at radius 3 is 3.08 bits per heavy atom. The van der Waals surface area contributed by atoms with Gasteiger partial charge in [-0.1, -0.05) is 5.16 Å². The van der Waals surface area contributed by atoms with Crippen molar-refractivity contribution in [1.82, 2.24) is 5.16 Å². The Kier molecular flexibility index (Phi) is 2.82. The maximum Gasteiger partial charge on any atom is 0.227 e. The second-order valence-electron chi connectivity index (χ2n) is 2.34. The molecule has 1 heterocycles. The lowest BCUT2D eigenvalue weighted by Crippen LogP contribution is -2.12. The summed E-state index contributed by atoms with van der Waals surface area (Å²) < 4.78 is 4.72. The van der Waals surface area contributed by atoms with Gasteiger partial charge in [-0.25, -0.2) is 0 Å². The summed E-state index contributed by atoms with van der Waals surface area (Å²) in [6.45, 7) is 1.57. The third-order valence-corrected chi connectivity index (χ3v) is 1.23. The number of aliphatic hydroxyl groups is 1. The van der Waals surface area contributed by atoms with E-state index >= 15 is 0 Å². The first-order valence-corrected chi connectivity index (χ1v) is 3.56. The smallest absolute Gasteiger partial charge is 0.227 e. The number of aromatic nitrogens is 1. The topological polar surface area (TPSA) is 75.4 Å². The molecule has 0 atom stereocenters. The van der Waals surface area contributed by atoms with Crippen LogP contribution >= 0.6 is 0 Å². The molecule has 0 aliphatic heterocycles. The highest BCUT2D eigenvalue weighted by Crippen LogP contribution is 2.06. The average molecular weight is 170 g/mol. The number of carbonyl (C=O) groups is 1. The fourth-order valence-corrected chi connectivity index (χ4v) is 0.732. The first-order chi connectivity index (χ1) is 5.72. The van der Waals surface area contributed by atoms with E-state index in [1.165, 1.54) is 0 Å².